The van der Waals surface area contributed by atoms with Crippen LogP contribution in [0.2, 0.25) is 0 Å². The summed E-state index contributed by atoms with van der Waals surface area (Å²) >= 11 is 0. The lowest BCUT2D eigenvalue weighted by Crippen LogP contribution is -2.11. The van der Waals surface area contributed by atoms with Gasteiger partial charge in [-0.3, -0.25) is 0 Å². The minimum absolute atomic E-state index is 0.865. The van der Waals surface area contributed by atoms with Crippen molar-refractivity contribution in [3.63, 3.8) is 0 Å². The Morgan fingerprint density at radius 1 is 0.308 bits per heavy atom. The molecule has 10 aromatic rings. The van der Waals surface area contributed by atoms with Gasteiger partial charge in [-0.15, -0.1) is 0 Å². The van der Waals surface area contributed by atoms with E-state index in [1.807, 2.05) is 12.1 Å². The van der Waals surface area contributed by atoms with Crippen molar-refractivity contribution in [2.24, 2.45) is 0 Å². The van der Waals surface area contributed by atoms with Crippen LogP contribution in [0.3, 0.4) is 0 Å². The van der Waals surface area contributed by atoms with Gasteiger partial charge in [-0.2, -0.15) is 0 Å². The highest BCUT2D eigenvalue weighted by Crippen LogP contribution is 2.48. The molecule has 0 aliphatic heterocycles. The lowest BCUT2D eigenvalue weighted by Gasteiger charge is -2.29. The first-order chi connectivity index (χ1) is 25.8. The van der Waals surface area contributed by atoms with Crippen LogP contribution in [0.25, 0.3) is 76.9 Å². The molecule has 244 valence electrons. The molecule has 0 saturated heterocycles. The first-order valence-electron chi connectivity index (χ1n) is 17.8. The monoisotopic (exact) mass is 663 g/mol. The van der Waals surface area contributed by atoms with Gasteiger partial charge in [0.25, 0.3) is 0 Å². The molecule has 0 unspecified atom stereocenters. The lowest BCUT2D eigenvalue weighted by molar-refractivity contribution is 0.669. The van der Waals surface area contributed by atoms with E-state index in [4.69, 9.17) is 4.42 Å². The number of rotatable bonds is 6. The highest BCUT2D eigenvalue weighted by Gasteiger charge is 2.22. The Hall–Kier alpha value is -6.90. The molecule has 0 radical (unpaired) electrons. The van der Waals surface area contributed by atoms with E-state index < -0.39 is 0 Å². The van der Waals surface area contributed by atoms with E-state index in [2.05, 4.69) is 193 Å². The summed E-state index contributed by atoms with van der Waals surface area (Å²) in [6.45, 7) is 0. The third kappa shape index (κ3) is 4.96. The van der Waals surface area contributed by atoms with Crippen LogP contribution in [0.15, 0.2) is 205 Å². The van der Waals surface area contributed by atoms with E-state index in [0.29, 0.717) is 0 Å². The van der Waals surface area contributed by atoms with Crippen LogP contribution in [-0.4, -0.2) is 0 Å². The molecule has 0 amide bonds. The minimum Gasteiger partial charge on any atom is -0.456 e. The van der Waals surface area contributed by atoms with Crippen molar-refractivity contribution < 1.29 is 4.42 Å². The van der Waals surface area contributed by atoms with Crippen molar-refractivity contribution in [1.82, 2.24) is 0 Å². The van der Waals surface area contributed by atoms with Crippen molar-refractivity contribution in [2.75, 3.05) is 4.90 Å². The van der Waals surface area contributed by atoms with Crippen LogP contribution in [0.1, 0.15) is 0 Å². The largest absolute Gasteiger partial charge is 0.456 e. The summed E-state index contributed by atoms with van der Waals surface area (Å²) in [7, 11) is 0. The van der Waals surface area contributed by atoms with Crippen LogP contribution in [-0.2, 0) is 0 Å². The second kappa shape index (κ2) is 12.5. The molecule has 0 aliphatic carbocycles. The lowest BCUT2D eigenvalue weighted by atomic mass is 9.85. The first-order valence-corrected chi connectivity index (χ1v) is 17.8. The molecule has 1 heterocycles. The summed E-state index contributed by atoms with van der Waals surface area (Å²) in [5, 5.41) is 7.14. The summed E-state index contributed by atoms with van der Waals surface area (Å²) in [5.41, 5.74) is 12.1. The van der Waals surface area contributed by atoms with E-state index in [0.717, 1.165) is 50.1 Å². The maximum absolute atomic E-state index is 6.46. The van der Waals surface area contributed by atoms with Crippen LogP contribution in [0, 0.1) is 0 Å². The molecule has 2 nitrogen and oxygen atoms in total. The number of furan rings is 1. The Kier molecular flexibility index (Phi) is 7.18. The molecule has 1 aromatic heterocycles. The van der Waals surface area contributed by atoms with E-state index in [1.165, 1.54) is 43.8 Å². The molecule has 0 bridgehead atoms. The normalized spacial score (nSPS) is 11.5. The molecule has 0 spiro atoms. The average molecular weight is 664 g/mol. The quantitative estimate of drug-likeness (QED) is 0.165. The van der Waals surface area contributed by atoms with Crippen molar-refractivity contribution in [3.05, 3.63) is 200 Å². The Morgan fingerprint density at radius 3 is 1.50 bits per heavy atom. The van der Waals surface area contributed by atoms with Gasteiger partial charge in [-0.25, -0.2) is 0 Å². The zero-order valence-corrected chi connectivity index (χ0v) is 28.4. The Bertz CT molecular complexity index is 2890. The molecule has 0 atom stereocenters. The SMILES string of the molecule is c1ccc(-c2ccccc2N(c2ccc3c(c2)oc2ccccc23)c2ccc3c(c2)c(-c2ccccc2)c(-c2ccccc2)c2ccccc23)cc1. The Morgan fingerprint density at radius 2 is 0.788 bits per heavy atom. The Labute approximate surface area is 302 Å². The summed E-state index contributed by atoms with van der Waals surface area (Å²) in [6, 6.07) is 71.7. The number of anilines is 3. The predicted octanol–water partition coefficient (Wildman–Crippen LogP) is 14.4. The maximum atomic E-state index is 6.46. The highest BCUT2D eigenvalue weighted by atomic mass is 16.3. The van der Waals surface area contributed by atoms with Gasteiger partial charge in [0.1, 0.15) is 11.2 Å². The summed E-state index contributed by atoms with van der Waals surface area (Å²) < 4.78 is 6.46. The van der Waals surface area contributed by atoms with Gasteiger partial charge in [-0.1, -0.05) is 158 Å². The number of para-hydroxylation sites is 2. The van der Waals surface area contributed by atoms with E-state index in [-0.39, 0.29) is 0 Å². The molecule has 0 aliphatic rings. The molecular formula is C50H33NO. The van der Waals surface area contributed by atoms with E-state index in [1.54, 1.807) is 0 Å². The molecule has 2 heteroatoms. The molecular weight excluding hydrogens is 631 g/mol. The van der Waals surface area contributed by atoms with Gasteiger partial charge in [0.15, 0.2) is 0 Å². The van der Waals surface area contributed by atoms with Gasteiger partial charge < -0.3 is 9.32 Å². The number of fused-ring (bicyclic) bond motifs is 6. The number of benzene rings is 9. The molecule has 10 rings (SSSR count). The van der Waals surface area contributed by atoms with Crippen LogP contribution >= 0.6 is 0 Å². The standard InChI is InChI=1S/C50H33NO/c1-4-16-34(17-5-1)39-22-12-14-26-46(39)51(38-29-31-43-42-24-13-15-27-47(42)52-48(43)33-38)37-28-30-41-40-23-10-11-25-44(40)49(35-18-6-2-7-19-35)50(45(41)32-37)36-20-8-3-9-21-36/h1-33H. The third-order valence-electron chi connectivity index (χ3n) is 10.2. The average Bonchev–Trinajstić information content (AvgIpc) is 3.59. The fourth-order valence-corrected chi connectivity index (χ4v) is 7.94. The topological polar surface area (TPSA) is 16.4 Å². The third-order valence-corrected chi connectivity index (χ3v) is 10.2. The van der Waals surface area contributed by atoms with Crippen molar-refractivity contribution in [1.29, 1.82) is 0 Å². The summed E-state index contributed by atoms with van der Waals surface area (Å²) in [6.07, 6.45) is 0. The van der Waals surface area contributed by atoms with Gasteiger partial charge in [0, 0.05) is 33.8 Å². The molecule has 0 N–H and O–H groups in total. The zero-order chi connectivity index (χ0) is 34.4. The molecule has 52 heavy (non-hydrogen) atoms. The van der Waals surface area contributed by atoms with Gasteiger partial charge in [-0.05, 0) is 85.8 Å². The van der Waals surface area contributed by atoms with Crippen LogP contribution in [0.5, 0.6) is 0 Å². The smallest absolute Gasteiger partial charge is 0.137 e. The fraction of sp³-hybridized carbons (Fsp3) is 0. The van der Waals surface area contributed by atoms with Crippen molar-refractivity contribution in [2.45, 2.75) is 0 Å². The van der Waals surface area contributed by atoms with Gasteiger partial charge >= 0.3 is 0 Å². The fourth-order valence-electron chi connectivity index (χ4n) is 7.94. The second-order valence-electron chi connectivity index (χ2n) is 13.3. The zero-order valence-electron chi connectivity index (χ0n) is 28.4. The number of hydrogen-bond acceptors (Lipinski definition) is 2. The van der Waals surface area contributed by atoms with Crippen molar-refractivity contribution in [3.8, 4) is 33.4 Å². The number of hydrogen-bond donors (Lipinski definition) is 0. The van der Waals surface area contributed by atoms with Crippen LogP contribution < -0.4 is 4.90 Å². The van der Waals surface area contributed by atoms with E-state index in [9.17, 15) is 0 Å². The predicted molar refractivity (Wildman–Crippen MR) is 220 cm³/mol. The highest BCUT2D eigenvalue weighted by molar-refractivity contribution is 6.22. The van der Waals surface area contributed by atoms with E-state index >= 15 is 0 Å². The van der Waals surface area contributed by atoms with Gasteiger partial charge in [0.2, 0.25) is 0 Å². The Balaban J connectivity index is 1.30. The van der Waals surface area contributed by atoms with Crippen molar-refractivity contribution >= 4 is 60.5 Å². The maximum Gasteiger partial charge on any atom is 0.137 e. The van der Waals surface area contributed by atoms with Crippen LogP contribution in [0.4, 0.5) is 17.1 Å². The molecule has 9 aromatic carbocycles. The summed E-state index contributed by atoms with van der Waals surface area (Å²) in [4.78, 5) is 2.39. The van der Waals surface area contributed by atoms with Gasteiger partial charge in [0.05, 0.1) is 5.69 Å². The molecule has 0 fully saturated rings. The second-order valence-corrected chi connectivity index (χ2v) is 13.3. The first kappa shape index (κ1) is 30.0. The number of nitrogens with zero attached hydrogens (tertiary/aromatic N) is 1. The summed E-state index contributed by atoms with van der Waals surface area (Å²) in [5.74, 6) is 0. The minimum atomic E-state index is 0.865. The molecule has 0 saturated carbocycles.